The third-order valence-electron chi connectivity index (χ3n) is 4.84. The maximum Gasteiger partial charge on any atom is 0.332 e. The number of fused-ring (bicyclic) bond motifs is 1. The summed E-state index contributed by atoms with van der Waals surface area (Å²) in [4.78, 5) is 32.0. The van der Waals surface area contributed by atoms with Gasteiger partial charge < -0.3 is 9.30 Å². The summed E-state index contributed by atoms with van der Waals surface area (Å²) in [5, 5.41) is 0. The van der Waals surface area contributed by atoms with E-state index in [2.05, 4.69) is 32.6 Å². The van der Waals surface area contributed by atoms with Crippen molar-refractivity contribution in [3.63, 3.8) is 0 Å². The van der Waals surface area contributed by atoms with Crippen molar-refractivity contribution >= 4 is 11.2 Å². The molecular weight excluding hydrogens is 334 g/mol. The summed E-state index contributed by atoms with van der Waals surface area (Å²) in [7, 11) is 3.18. The van der Waals surface area contributed by atoms with Gasteiger partial charge in [0.15, 0.2) is 11.2 Å². The number of hydrogen-bond donors (Lipinski definition) is 0. The molecule has 1 fully saturated rings. The highest BCUT2D eigenvalue weighted by Crippen LogP contribution is 2.18. The first kappa shape index (κ1) is 18.8. The number of nitrogens with zero attached hydrogens (tertiary/aromatic N) is 5. The lowest BCUT2D eigenvalue weighted by Gasteiger charge is -2.35. The zero-order valence-electron chi connectivity index (χ0n) is 16.5. The second-order valence-electron chi connectivity index (χ2n) is 7.86. The van der Waals surface area contributed by atoms with E-state index in [1.54, 1.807) is 7.05 Å². The lowest BCUT2D eigenvalue weighted by Crippen LogP contribution is -2.45. The first-order valence-corrected chi connectivity index (χ1v) is 9.22. The second-order valence-corrected chi connectivity index (χ2v) is 7.86. The third kappa shape index (κ3) is 3.35. The number of rotatable bonds is 4. The highest BCUT2D eigenvalue weighted by Gasteiger charge is 2.25. The van der Waals surface area contributed by atoms with Crippen molar-refractivity contribution in [2.75, 3.05) is 13.1 Å². The number of aromatic nitrogens is 4. The van der Waals surface area contributed by atoms with Crippen molar-refractivity contribution in [1.29, 1.82) is 0 Å². The first-order valence-electron chi connectivity index (χ1n) is 9.22. The molecule has 0 radical (unpaired) electrons. The first-order chi connectivity index (χ1) is 12.2. The van der Waals surface area contributed by atoms with Gasteiger partial charge in [0, 0.05) is 33.7 Å². The summed E-state index contributed by atoms with van der Waals surface area (Å²) in [5.74, 6) is 1.18. The Balaban J connectivity index is 2.12. The summed E-state index contributed by atoms with van der Waals surface area (Å²) in [5.41, 5.74) is 0.332. The fraction of sp³-hybridized carbons (Fsp3) is 0.722. The van der Waals surface area contributed by atoms with Gasteiger partial charge in [-0.15, -0.1) is 0 Å². The minimum Gasteiger partial charge on any atom is -0.373 e. The van der Waals surface area contributed by atoms with E-state index >= 15 is 0 Å². The number of morpholine rings is 1. The summed E-state index contributed by atoms with van der Waals surface area (Å²) >= 11 is 0. The molecule has 2 atom stereocenters. The second kappa shape index (κ2) is 7.00. The van der Waals surface area contributed by atoms with E-state index in [4.69, 9.17) is 9.72 Å². The van der Waals surface area contributed by atoms with Crippen molar-refractivity contribution in [3.8, 4) is 0 Å². The maximum atomic E-state index is 12.8. The van der Waals surface area contributed by atoms with Crippen molar-refractivity contribution < 1.29 is 4.74 Å². The molecule has 1 aliphatic heterocycles. The van der Waals surface area contributed by atoms with Gasteiger partial charge in [-0.3, -0.25) is 18.8 Å². The Kier molecular flexibility index (Phi) is 5.07. The van der Waals surface area contributed by atoms with E-state index in [1.807, 2.05) is 4.57 Å². The lowest BCUT2D eigenvalue weighted by atomic mass is 10.2. The van der Waals surface area contributed by atoms with Crippen LogP contribution in [0.4, 0.5) is 0 Å². The topological polar surface area (TPSA) is 74.3 Å². The van der Waals surface area contributed by atoms with Crippen LogP contribution in [-0.4, -0.2) is 48.9 Å². The number of hydrogen-bond acceptors (Lipinski definition) is 5. The number of ether oxygens (including phenoxy) is 1. The molecule has 2 aromatic rings. The van der Waals surface area contributed by atoms with E-state index in [-0.39, 0.29) is 23.5 Å². The van der Waals surface area contributed by atoms with Crippen LogP contribution in [0.2, 0.25) is 0 Å². The van der Waals surface area contributed by atoms with E-state index in [1.165, 1.54) is 11.6 Å². The Morgan fingerprint density at radius 3 is 2.31 bits per heavy atom. The minimum absolute atomic E-state index is 0.166. The van der Waals surface area contributed by atoms with E-state index < -0.39 is 0 Å². The highest BCUT2D eigenvalue weighted by atomic mass is 16.5. The van der Waals surface area contributed by atoms with E-state index in [0.717, 1.165) is 23.5 Å². The fourth-order valence-corrected chi connectivity index (χ4v) is 3.79. The van der Waals surface area contributed by atoms with E-state index in [0.29, 0.717) is 30.2 Å². The van der Waals surface area contributed by atoms with Gasteiger partial charge in [0.05, 0.1) is 18.8 Å². The normalized spacial score (nSPS) is 21.8. The molecule has 8 heteroatoms. The highest BCUT2D eigenvalue weighted by molar-refractivity contribution is 5.71. The molecule has 144 valence electrons. The zero-order chi connectivity index (χ0) is 19.2. The van der Waals surface area contributed by atoms with Crippen molar-refractivity contribution in [1.82, 2.24) is 23.6 Å². The monoisotopic (exact) mass is 363 g/mol. The molecule has 2 unspecified atom stereocenters. The molecule has 3 rings (SSSR count). The van der Waals surface area contributed by atoms with Crippen LogP contribution in [0.25, 0.3) is 11.2 Å². The van der Waals surface area contributed by atoms with Crippen LogP contribution in [0, 0.1) is 5.92 Å². The van der Waals surface area contributed by atoms with Crippen molar-refractivity contribution in [2.24, 2.45) is 20.0 Å². The van der Waals surface area contributed by atoms with Crippen molar-refractivity contribution in [3.05, 3.63) is 26.7 Å². The largest absolute Gasteiger partial charge is 0.373 e. The molecule has 0 aliphatic carbocycles. The molecule has 1 aliphatic rings. The molecule has 3 heterocycles. The van der Waals surface area contributed by atoms with Gasteiger partial charge in [-0.05, 0) is 19.8 Å². The molecular formula is C18H29N5O3. The predicted octanol–water partition coefficient (Wildman–Crippen LogP) is 0.699. The Morgan fingerprint density at radius 1 is 1.12 bits per heavy atom. The average Bonchev–Trinajstić information content (AvgIpc) is 2.88. The van der Waals surface area contributed by atoms with Gasteiger partial charge in [0.1, 0.15) is 5.82 Å². The van der Waals surface area contributed by atoms with Gasteiger partial charge in [0.2, 0.25) is 0 Å². The molecule has 0 saturated carbocycles. The Bertz CT molecular complexity index is 914. The maximum absolute atomic E-state index is 12.8. The number of imidazole rings is 1. The van der Waals surface area contributed by atoms with Crippen LogP contribution in [0.1, 0.15) is 33.5 Å². The van der Waals surface area contributed by atoms with Gasteiger partial charge in [-0.1, -0.05) is 13.8 Å². The molecule has 0 bridgehead atoms. The fourth-order valence-electron chi connectivity index (χ4n) is 3.79. The Morgan fingerprint density at radius 2 is 1.73 bits per heavy atom. The minimum atomic E-state index is -0.350. The SMILES string of the molecule is CC(C)Cn1c(CN2CC(C)OC(C)C2)nc2c1c(=O)n(C)c(=O)n2C. The average molecular weight is 363 g/mol. The molecule has 0 N–H and O–H groups in total. The summed E-state index contributed by atoms with van der Waals surface area (Å²) in [6.45, 7) is 11.3. The molecule has 2 aromatic heterocycles. The standard InChI is InChI=1S/C18H29N5O3/c1-11(2)7-23-14(10-22-8-12(3)26-13(4)9-22)19-16-15(23)17(24)21(6)18(25)20(16)5/h11-13H,7-10H2,1-6H3. The molecule has 0 spiro atoms. The van der Waals surface area contributed by atoms with Crippen LogP contribution < -0.4 is 11.2 Å². The van der Waals surface area contributed by atoms with Crippen LogP contribution in [0.3, 0.4) is 0 Å². The van der Waals surface area contributed by atoms with Crippen LogP contribution in [-0.2, 0) is 31.9 Å². The quantitative estimate of drug-likeness (QED) is 0.799. The molecule has 1 saturated heterocycles. The van der Waals surface area contributed by atoms with E-state index in [9.17, 15) is 9.59 Å². The van der Waals surface area contributed by atoms with Gasteiger partial charge in [-0.25, -0.2) is 9.78 Å². The van der Waals surface area contributed by atoms with Gasteiger partial charge in [-0.2, -0.15) is 0 Å². The molecule has 8 nitrogen and oxygen atoms in total. The van der Waals surface area contributed by atoms with Crippen LogP contribution in [0.15, 0.2) is 9.59 Å². The summed E-state index contributed by atoms with van der Waals surface area (Å²) in [6.07, 6.45) is 0.331. The molecule has 0 aromatic carbocycles. The summed E-state index contributed by atoms with van der Waals surface area (Å²) in [6, 6.07) is 0. The third-order valence-corrected chi connectivity index (χ3v) is 4.84. The van der Waals surface area contributed by atoms with Crippen LogP contribution in [0.5, 0.6) is 0 Å². The van der Waals surface area contributed by atoms with Gasteiger partial charge >= 0.3 is 5.69 Å². The smallest absolute Gasteiger partial charge is 0.332 e. The molecule has 26 heavy (non-hydrogen) atoms. The van der Waals surface area contributed by atoms with Crippen molar-refractivity contribution in [2.45, 2.75) is 53.0 Å². The zero-order valence-corrected chi connectivity index (χ0v) is 16.5. The molecule has 0 amide bonds. The predicted molar refractivity (Wildman–Crippen MR) is 100 cm³/mol. The summed E-state index contributed by atoms with van der Waals surface area (Å²) < 4.78 is 10.4. The van der Waals surface area contributed by atoms with Crippen LogP contribution >= 0.6 is 0 Å². The van der Waals surface area contributed by atoms with Gasteiger partial charge in [0.25, 0.3) is 5.56 Å². The Hall–Kier alpha value is -1.93. The lowest BCUT2D eigenvalue weighted by molar-refractivity contribution is -0.0712. The number of aryl methyl sites for hydroxylation is 1. The Labute approximate surface area is 153 Å².